The van der Waals surface area contributed by atoms with Gasteiger partial charge in [-0.25, -0.2) is 9.59 Å². The molecule has 5 rings (SSSR count). The minimum absolute atomic E-state index is 0.0114. The van der Waals surface area contributed by atoms with Crippen molar-refractivity contribution in [3.05, 3.63) is 156 Å². The van der Waals surface area contributed by atoms with Gasteiger partial charge in [0.05, 0.1) is 54.9 Å². The van der Waals surface area contributed by atoms with Gasteiger partial charge in [0.25, 0.3) is 5.91 Å². The third-order valence-electron chi connectivity index (χ3n) is 11.1. The molecule has 62 heavy (non-hydrogen) atoms. The largest absolute Gasteiger partial charge is 0.497 e. The number of nitrogens with zero attached hydrogens (tertiary/aromatic N) is 2. The van der Waals surface area contributed by atoms with Gasteiger partial charge >= 0.3 is 11.9 Å². The van der Waals surface area contributed by atoms with E-state index in [2.05, 4.69) is 13.2 Å². The molecule has 0 radical (unpaired) electrons. The number of Topliss-reactive ketones (excluding diaryl/α,β-unsaturated/α-hetero) is 1. The highest BCUT2D eigenvalue weighted by atomic mass is 16.5. The maximum absolute atomic E-state index is 13.3. The van der Waals surface area contributed by atoms with Crippen molar-refractivity contribution in [3.8, 4) is 11.5 Å². The van der Waals surface area contributed by atoms with Gasteiger partial charge in [0.2, 0.25) is 11.4 Å². The number of esters is 2. The molecule has 2 amide bonds. The number of ketones is 1. The van der Waals surface area contributed by atoms with Crippen LogP contribution in [0.2, 0.25) is 0 Å². The van der Waals surface area contributed by atoms with E-state index in [-0.39, 0.29) is 38.8 Å². The monoisotopic (exact) mass is 848 g/mol. The molecule has 0 saturated carbocycles. The van der Waals surface area contributed by atoms with E-state index in [1.807, 2.05) is 98.8 Å². The molecule has 0 spiro atoms. The van der Waals surface area contributed by atoms with Crippen LogP contribution >= 0.6 is 0 Å². The lowest BCUT2D eigenvalue weighted by atomic mass is 9.71. The van der Waals surface area contributed by atoms with Crippen molar-refractivity contribution in [1.29, 1.82) is 0 Å². The van der Waals surface area contributed by atoms with Crippen LogP contribution in [0.25, 0.3) is 0 Å². The van der Waals surface area contributed by atoms with Gasteiger partial charge in [-0.1, -0.05) is 112 Å². The number of methoxy groups -OCH3 is 4. The summed E-state index contributed by atoms with van der Waals surface area (Å²) in [6.07, 6.45) is 1.06. The Kier molecular flexibility index (Phi) is 16.9. The first-order valence-electron chi connectivity index (χ1n) is 19.8. The van der Waals surface area contributed by atoms with Gasteiger partial charge in [0.15, 0.2) is 11.3 Å². The van der Waals surface area contributed by atoms with E-state index in [1.54, 1.807) is 38.5 Å². The molecule has 4 aromatic carbocycles. The molecule has 1 fully saturated rings. The third-order valence-corrected chi connectivity index (χ3v) is 11.1. The molecule has 0 aliphatic carbocycles. The van der Waals surface area contributed by atoms with Crippen LogP contribution in [0.4, 0.5) is 0 Å². The van der Waals surface area contributed by atoms with Crippen molar-refractivity contribution in [2.24, 2.45) is 5.41 Å². The molecule has 328 valence electrons. The van der Waals surface area contributed by atoms with Gasteiger partial charge in [-0.05, 0) is 59.5 Å². The first kappa shape index (κ1) is 48.1. The zero-order valence-corrected chi connectivity index (χ0v) is 36.5. The Balaban J connectivity index is 0.000000273. The van der Waals surface area contributed by atoms with Crippen LogP contribution in [0.15, 0.2) is 134 Å². The number of likely N-dealkylation sites (tertiary alicyclic amines) is 1. The lowest BCUT2D eigenvalue weighted by molar-refractivity contribution is -0.171. The summed E-state index contributed by atoms with van der Waals surface area (Å²) >= 11 is 0. The Morgan fingerprint density at radius 2 is 1.21 bits per heavy atom. The zero-order valence-electron chi connectivity index (χ0n) is 36.5. The van der Waals surface area contributed by atoms with Gasteiger partial charge < -0.3 is 38.2 Å². The van der Waals surface area contributed by atoms with E-state index >= 15 is 0 Å². The Hall–Kier alpha value is -6.57. The molecule has 0 unspecified atom stereocenters. The Labute approximate surface area is 363 Å². The van der Waals surface area contributed by atoms with Crippen molar-refractivity contribution in [3.63, 3.8) is 0 Å². The fourth-order valence-electron chi connectivity index (χ4n) is 7.22. The van der Waals surface area contributed by atoms with Crippen molar-refractivity contribution in [2.45, 2.75) is 58.2 Å². The summed E-state index contributed by atoms with van der Waals surface area (Å²) in [6, 6.07) is 33.3. The summed E-state index contributed by atoms with van der Waals surface area (Å²) in [5.41, 5.74) is -0.453. The van der Waals surface area contributed by atoms with Gasteiger partial charge in [-0.15, -0.1) is 0 Å². The van der Waals surface area contributed by atoms with Crippen LogP contribution in [0.5, 0.6) is 11.5 Å². The Bertz CT molecular complexity index is 2170. The lowest BCUT2D eigenvalue weighted by Gasteiger charge is -2.43. The van der Waals surface area contributed by atoms with Gasteiger partial charge in [0, 0.05) is 24.1 Å². The Morgan fingerprint density at radius 1 is 0.710 bits per heavy atom. The summed E-state index contributed by atoms with van der Waals surface area (Å²) in [7, 11) is 5.64. The molecule has 2 atom stereocenters. The van der Waals surface area contributed by atoms with Crippen LogP contribution < -0.4 is 9.47 Å². The summed E-state index contributed by atoms with van der Waals surface area (Å²) in [5.74, 6) is -1.50. The number of ether oxygens (including phenoxy) is 6. The summed E-state index contributed by atoms with van der Waals surface area (Å²) in [4.78, 5) is 67.7. The van der Waals surface area contributed by atoms with E-state index in [9.17, 15) is 24.0 Å². The van der Waals surface area contributed by atoms with E-state index in [4.69, 9.17) is 28.4 Å². The minimum atomic E-state index is -1.96. The standard InChI is InChI=1S/C25H29NO5.C24H27NO6/c1-18-22(27)26(15-19-11-13-21(29-4)14-12-19)25(23(28)30-5,24(18,2)3)17-31-16-20-9-7-6-8-10-20;1-5-22(27)25(15-19-11-13-21(29-3)14-12-19)24(18(2)26,23(28)30-4)17-31-16-20-9-7-6-8-10-20/h6-14H,1,15-17H2,2-5H3;5-14H,1,15-17H2,2-4H3/t25-;24-/m11/s1. The molecule has 1 aliphatic heterocycles. The maximum atomic E-state index is 13.3. The first-order valence-corrected chi connectivity index (χ1v) is 19.8. The van der Waals surface area contributed by atoms with Crippen LogP contribution in [-0.4, -0.2) is 92.1 Å². The molecule has 13 nitrogen and oxygen atoms in total. The number of carbonyl (C=O) groups excluding carboxylic acids is 5. The van der Waals surface area contributed by atoms with Gasteiger partial charge in [-0.3, -0.25) is 14.4 Å². The van der Waals surface area contributed by atoms with Crippen LogP contribution in [0.3, 0.4) is 0 Å². The molecule has 0 bridgehead atoms. The van der Waals surface area contributed by atoms with E-state index in [0.717, 1.165) is 27.7 Å². The van der Waals surface area contributed by atoms with Crippen LogP contribution in [0, 0.1) is 5.41 Å². The summed E-state index contributed by atoms with van der Waals surface area (Å²) in [5, 5.41) is 0. The third kappa shape index (κ3) is 10.5. The fourth-order valence-corrected chi connectivity index (χ4v) is 7.22. The minimum Gasteiger partial charge on any atom is -0.497 e. The lowest BCUT2D eigenvalue weighted by Crippen LogP contribution is -2.64. The topological polar surface area (TPSA) is 147 Å². The van der Waals surface area contributed by atoms with E-state index in [1.165, 1.54) is 26.0 Å². The predicted octanol–water partition coefficient (Wildman–Crippen LogP) is 6.68. The Morgan fingerprint density at radius 3 is 1.66 bits per heavy atom. The second kappa shape index (κ2) is 21.8. The molecular formula is C49H56N2O11. The molecule has 0 N–H and O–H groups in total. The molecule has 13 heteroatoms. The summed E-state index contributed by atoms with van der Waals surface area (Å²) < 4.78 is 32.3. The molecule has 4 aromatic rings. The van der Waals surface area contributed by atoms with Crippen molar-refractivity contribution >= 4 is 29.5 Å². The van der Waals surface area contributed by atoms with Crippen molar-refractivity contribution in [2.75, 3.05) is 41.7 Å². The number of rotatable bonds is 19. The predicted molar refractivity (Wildman–Crippen MR) is 233 cm³/mol. The van der Waals surface area contributed by atoms with Gasteiger partial charge in [-0.2, -0.15) is 0 Å². The second-order valence-electron chi connectivity index (χ2n) is 15.0. The highest BCUT2D eigenvalue weighted by molar-refractivity contribution is 6.11. The summed E-state index contributed by atoms with van der Waals surface area (Å²) in [6.45, 7) is 12.7. The van der Waals surface area contributed by atoms with Crippen molar-refractivity contribution < 1.29 is 52.4 Å². The number of amides is 2. The second-order valence-corrected chi connectivity index (χ2v) is 15.0. The number of carbonyl (C=O) groups is 5. The highest BCUT2D eigenvalue weighted by Crippen LogP contribution is 2.50. The first-order chi connectivity index (χ1) is 29.7. The number of benzene rings is 4. The maximum Gasteiger partial charge on any atom is 0.342 e. The quantitative estimate of drug-likeness (QED) is 0.0566. The van der Waals surface area contributed by atoms with Crippen LogP contribution in [-0.2, 0) is 69.2 Å². The molecular weight excluding hydrogens is 793 g/mol. The zero-order chi connectivity index (χ0) is 45.5. The molecule has 0 aromatic heterocycles. The van der Waals surface area contributed by atoms with E-state index in [0.29, 0.717) is 29.2 Å². The SMILES string of the molecule is C=C1C(=O)N(Cc2ccc(OC)cc2)[C@](COCc2ccccc2)(C(=O)OC)C1(C)C.C=CC(=O)N(Cc1ccc(OC)cc1)[C@](COCc1ccccc1)(C(C)=O)C(=O)OC. The molecule has 1 aliphatic rings. The molecule has 1 saturated heterocycles. The number of hydrogen-bond acceptors (Lipinski definition) is 11. The fraction of sp³-hybridized carbons (Fsp3) is 0.327. The van der Waals surface area contributed by atoms with Crippen molar-refractivity contribution in [1.82, 2.24) is 9.80 Å². The normalized spacial score (nSPS) is 16.2. The highest BCUT2D eigenvalue weighted by Gasteiger charge is 2.66. The van der Waals surface area contributed by atoms with E-state index < -0.39 is 40.1 Å². The number of hydrogen-bond donors (Lipinski definition) is 0. The average molecular weight is 849 g/mol. The van der Waals surface area contributed by atoms with Gasteiger partial charge in [0.1, 0.15) is 11.5 Å². The smallest absolute Gasteiger partial charge is 0.342 e. The van der Waals surface area contributed by atoms with Crippen LogP contribution in [0.1, 0.15) is 43.0 Å². The molecule has 1 heterocycles. The average Bonchev–Trinajstić information content (AvgIpc) is 3.43.